The van der Waals surface area contributed by atoms with Gasteiger partial charge >= 0.3 is 0 Å². The predicted molar refractivity (Wildman–Crippen MR) is 169 cm³/mol. The van der Waals surface area contributed by atoms with Crippen LogP contribution in [-0.4, -0.2) is 35.1 Å². The number of nitrogens with zero attached hydrogens (tertiary/aromatic N) is 1. The number of anilines is 3. The fourth-order valence-electron chi connectivity index (χ4n) is 7.40. The van der Waals surface area contributed by atoms with Gasteiger partial charge in [0.1, 0.15) is 0 Å². The monoisotopic (exact) mass is 600 g/mol. The lowest BCUT2D eigenvalue weighted by molar-refractivity contribution is -0.123. The summed E-state index contributed by atoms with van der Waals surface area (Å²) in [5.74, 6) is -3.49. The molecule has 0 spiro atoms. The first-order chi connectivity index (χ1) is 21.8. The average molecular weight is 601 g/mol. The Labute approximate surface area is 260 Å². The van der Waals surface area contributed by atoms with Crippen LogP contribution in [0, 0.1) is 17.8 Å². The molecule has 4 unspecified atom stereocenters. The van der Waals surface area contributed by atoms with Crippen LogP contribution in [0.25, 0.3) is 0 Å². The van der Waals surface area contributed by atoms with Gasteiger partial charge in [0.05, 0.1) is 24.1 Å². The summed E-state index contributed by atoms with van der Waals surface area (Å²) in [6, 6.07) is 22.0. The van der Waals surface area contributed by atoms with E-state index in [2.05, 4.69) is 5.32 Å². The van der Waals surface area contributed by atoms with E-state index in [0.29, 0.717) is 41.0 Å². The number of ether oxygens (including phenoxy) is 1. The Morgan fingerprint density at radius 2 is 1.62 bits per heavy atom. The topological polar surface area (TPSA) is 113 Å². The number of nitrogens with one attached hydrogen (secondary N) is 1. The van der Waals surface area contributed by atoms with Gasteiger partial charge in [-0.1, -0.05) is 42.0 Å². The Balaban J connectivity index is 1.26. The molecular weight excluding hydrogens is 568 g/mol. The molecule has 0 bridgehead atoms. The summed E-state index contributed by atoms with van der Waals surface area (Å²) in [5, 5.41) is 14.6. The number of para-hydroxylation sites is 2. The fraction of sp³-hybridized carbons (Fsp3) is 0.243. The SMILES string of the molecule is CCOc1cccc(C2C3=CCC4C(=O)N(c5ccc(Nc6ccccc6)cc5)C(=O)C4C3CC3=C2C(=O)C(C)=CC3=O)c1O. The van der Waals surface area contributed by atoms with Crippen LogP contribution in [0.3, 0.4) is 0 Å². The van der Waals surface area contributed by atoms with Crippen LogP contribution in [0.5, 0.6) is 11.5 Å². The van der Waals surface area contributed by atoms with Crippen molar-refractivity contribution in [2.75, 3.05) is 16.8 Å². The van der Waals surface area contributed by atoms with Crippen LogP contribution in [0.4, 0.5) is 17.1 Å². The highest BCUT2D eigenvalue weighted by Crippen LogP contribution is 2.57. The van der Waals surface area contributed by atoms with Gasteiger partial charge in [-0.3, -0.25) is 24.1 Å². The van der Waals surface area contributed by atoms with Gasteiger partial charge in [0.15, 0.2) is 23.1 Å². The molecule has 2 amide bonds. The number of allylic oxidation sites excluding steroid dienone is 6. The van der Waals surface area contributed by atoms with Crippen molar-refractivity contribution in [3.8, 4) is 11.5 Å². The van der Waals surface area contributed by atoms with Crippen molar-refractivity contribution in [3.63, 3.8) is 0 Å². The zero-order chi connectivity index (χ0) is 31.4. The summed E-state index contributed by atoms with van der Waals surface area (Å²) in [7, 11) is 0. The first kappa shape index (κ1) is 28.5. The predicted octanol–water partition coefficient (Wildman–Crippen LogP) is 6.17. The molecule has 8 nitrogen and oxygen atoms in total. The summed E-state index contributed by atoms with van der Waals surface area (Å²) < 4.78 is 5.66. The van der Waals surface area contributed by atoms with Crippen molar-refractivity contribution >= 4 is 40.4 Å². The van der Waals surface area contributed by atoms with E-state index < -0.39 is 23.7 Å². The third-order valence-corrected chi connectivity index (χ3v) is 9.39. The van der Waals surface area contributed by atoms with Crippen molar-refractivity contribution in [2.24, 2.45) is 17.8 Å². The quantitative estimate of drug-likeness (QED) is 0.198. The Kier molecular flexibility index (Phi) is 7.00. The molecule has 0 radical (unpaired) electrons. The van der Waals surface area contributed by atoms with Crippen LogP contribution >= 0.6 is 0 Å². The van der Waals surface area contributed by atoms with Crippen LogP contribution in [0.2, 0.25) is 0 Å². The number of carbonyl (C=O) groups is 4. The van der Waals surface area contributed by atoms with E-state index >= 15 is 0 Å². The minimum absolute atomic E-state index is 0.105. The summed E-state index contributed by atoms with van der Waals surface area (Å²) in [6.45, 7) is 3.76. The number of ketones is 2. The van der Waals surface area contributed by atoms with Crippen LogP contribution in [0.1, 0.15) is 38.2 Å². The van der Waals surface area contributed by atoms with E-state index in [9.17, 15) is 24.3 Å². The van der Waals surface area contributed by atoms with Gasteiger partial charge in [0.25, 0.3) is 0 Å². The second-order valence-corrected chi connectivity index (χ2v) is 11.9. The largest absolute Gasteiger partial charge is 0.504 e. The zero-order valence-corrected chi connectivity index (χ0v) is 24.9. The molecule has 0 aromatic heterocycles. The number of phenolic OH excluding ortho intramolecular Hbond substituents is 1. The van der Waals surface area contributed by atoms with E-state index in [-0.39, 0.29) is 41.3 Å². The molecule has 0 saturated carbocycles. The Hall–Kier alpha value is -5.24. The summed E-state index contributed by atoms with van der Waals surface area (Å²) in [6.07, 6.45) is 3.78. The molecule has 3 aliphatic carbocycles. The summed E-state index contributed by atoms with van der Waals surface area (Å²) in [4.78, 5) is 56.4. The molecule has 4 atom stereocenters. The lowest BCUT2D eigenvalue weighted by atomic mass is 9.59. The highest BCUT2D eigenvalue weighted by Gasteiger charge is 2.56. The molecule has 1 heterocycles. The number of Topliss-reactive ketones (excluding diaryl/α,β-unsaturated/α-hetero) is 1. The number of hydrogen-bond acceptors (Lipinski definition) is 7. The fourth-order valence-corrected chi connectivity index (χ4v) is 7.40. The Morgan fingerprint density at radius 1 is 0.889 bits per heavy atom. The molecule has 3 aromatic carbocycles. The summed E-state index contributed by atoms with van der Waals surface area (Å²) in [5.41, 5.74) is 4.45. The van der Waals surface area contributed by atoms with Crippen LogP contribution in [0.15, 0.2) is 107 Å². The standard InChI is InChI=1S/C37H32N2O6/c1-3-45-30-11-7-10-25(35(30)42)31-24-16-17-26-32(27(24)19-28-29(40)18-20(2)34(41)33(28)31)37(44)39(36(26)43)23-14-12-22(13-15-23)38-21-8-5-4-6-9-21/h4-16,18,26-27,31-32,38,42H,3,17,19H2,1-2H3. The second-order valence-electron chi connectivity index (χ2n) is 11.9. The number of imide groups is 1. The molecule has 45 heavy (non-hydrogen) atoms. The van der Waals surface area contributed by atoms with Crippen molar-refractivity contribution in [3.05, 3.63) is 113 Å². The maximum Gasteiger partial charge on any atom is 0.238 e. The van der Waals surface area contributed by atoms with Crippen molar-refractivity contribution < 1.29 is 29.0 Å². The van der Waals surface area contributed by atoms with Gasteiger partial charge in [0, 0.05) is 39.6 Å². The van der Waals surface area contributed by atoms with Gasteiger partial charge in [-0.25, -0.2) is 0 Å². The average Bonchev–Trinajstić information content (AvgIpc) is 3.30. The molecule has 1 aliphatic heterocycles. The molecule has 1 fully saturated rings. The number of phenols is 1. The van der Waals surface area contributed by atoms with Gasteiger partial charge < -0.3 is 15.2 Å². The Morgan fingerprint density at radius 3 is 2.36 bits per heavy atom. The van der Waals surface area contributed by atoms with Crippen molar-refractivity contribution in [1.82, 2.24) is 0 Å². The maximum absolute atomic E-state index is 14.2. The second kappa shape index (κ2) is 11.0. The lowest BCUT2D eigenvalue weighted by Crippen LogP contribution is -2.39. The van der Waals surface area contributed by atoms with Gasteiger partial charge in [0.2, 0.25) is 11.8 Å². The normalized spacial score (nSPS) is 24.1. The van der Waals surface area contributed by atoms with Crippen molar-refractivity contribution in [2.45, 2.75) is 32.6 Å². The van der Waals surface area contributed by atoms with E-state index in [4.69, 9.17) is 4.74 Å². The third kappa shape index (κ3) is 4.60. The zero-order valence-electron chi connectivity index (χ0n) is 24.9. The summed E-state index contributed by atoms with van der Waals surface area (Å²) >= 11 is 0. The number of rotatable bonds is 6. The first-order valence-electron chi connectivity index (χ1n) is 15.2. The molecule has 226 valence electrons. The molecule has 1 saturated heterocycles. The smallest absolute Gasteiger partial charge is 0.238 e. The highest BCUT2D eigenvalue weighted by atomic mass is 16.5. The van der Waals surface area contributed by atoms with Crippen molar-refractivity contribution in [1.29, 1.82) is 0 Å². The number of benzene rings is 3. The third-order valence-electron chi connectivity index (χ3n) is 9.39. The van der Waals surface area contributed by atoms with Crippen LogP contribution in [-0.2, 0) is 19.2 Å². The number of amides is 2. The molecule has 4 aliphatic rings. The molecule has 7 rings (SSSR count). The molecule has 2 N–H and O–H groups in total. The minimum Gasteiger partial charge on any atom is -0.504 e. The molecule has 3 aromatic rings. The molecular formula is C37H32N2O6. The number of carbonyl (C=O) groups excluding carboxylic acids is 4. The highest BCUT2D eigenvalue weighted by molar-refractivity contribution is 6.25. The first-order valence-corrected chi connectivity index (χ1v) is 15.2. The van der Waals surface area contributed by atoms with E-state index in [1.165, 1.54) is 11.0 Å². The van der Waals surface area contributed by atoms with Gasteiger partial charge in [-0.15, -0.1) is 0 Å². The number of aromatic hydroxyl groups is 1. The van der Waals surface area contributed by atoms with E-state index in [1.807, 2.05) is 55.5 Å². The maximum atomic E-state index is 14.2. The number of fused-ring (bicyclic) bond motifs is 3. The van der Waals surface area contributed by atoms with E-state index in [0.717, 1.165) is 16.9 Å². The van der Waals surface area contributed by atoms with E-state index in [1.54, 1.807) is 37.3 Å². The Bertz CT molecular complexity index is 1850. The lowest BCUT2D eigenvalue weighted by Gasteiger charge is -2.42. The van der Waals surface area contributed by atoms with Gasteiger partial charge in [-0.2, -0.15) is 0 Å². The van der Waals surface area contributed by atoms with Crippen LogP contribution < -0.4 is 15.0 Å². The minimum atomic E-state index is -0.750. The van der Waals surface area contributed by atoms with Gasteiger partial charge in [-0.05, 0) is 81.1 Å². The molecule has 8 heteroatoms. The number of hydrogen-bond donors (Lipinski definition) is 2.